The van der Waals surface area contributed by atoms with Gasteiger partial charge in [0.2, 0.25) is 0 Å². The first-order chi connectivity index (χ1) is 9.30. The topological polar surface area (TPSA) is 59.2 Å². The fourth-order valence-electron chi connectivity index (χ4n) is 1.99. The summed E-state index contributed by atoms with van der Waals surface area (Å²) in [5.41, 5.74) is 1.90. The van der Waals surface area contributed by atoms with E-state index in [2.05, 4.69) is 15.5 Å². The normalized spacial score (nSPS) is 14.2. The SMILES string of the molecule is COc1ccc(-c2cc(NC3CC3)n[nH]2)c(OC)c1. The molecule has 0 unspecified atom stereocenters. The Morgan fingerprint density at radius 2 is 2.05 bits per heavy atom. The molecule has 5 nitrogen and oxygen atoms in total. The molecule has 0 radical (unpaired) electrons. The minimum Gasteiger partial charge on any atom is -0.497 e. The lowest BCUT2D eigenvalue weighted by Crippen LogP contribution is -2.00. The lowest BCUT2D eigenvalue weighted by molar-refractivity contribution is 0.395. The first-order valence-corrected chi connectivity index (χ1v) is 6.34. The van der Waals surface area contributed by atoms with Gasteiger partial charge in [0.25, 0.3) is 0 Å². The highest BCUT2D eigenvalue weighted by molar-refractivity contribution is 5.70. The summed E-state index contributed by atoms with van der Waals surface area (Å²) >= 11 is 0. The largest absolute Gasteiger partial charge is 0.497 e. The van der Waals surface area contributed by atoms with E-state index >= 15 is 0 Å². The van der Waals surface area contributed by atoms with Gasteiger partial charge in [0.1, 0.15) is 17.3 Å². The Hall–Kier alpha value is -2.17. The molecule has 3 rings (SSSR count). The second-order valence-corrected chi connectivity index (χ2v) is 4.65. The van der Waals surface area contributed by atoms with Crippen LogP contribution in [0.15, 0.2) is 24.3 Å². The van der Waals surface area contributed by atoms with Gasteiger partial charge in [0.05, 0.1) is 19.9 Å². The first kappa shape index (κ1) is 11.9. The molecule has 1 aromatic carbocycles. The molecule has 2 aromatic rings. The van der Waals surface area contributed by atoms with E-state index < -0.39 is 0 Å². The minimum atomic E-state index is 0.592. The fourth-order valence-corrected chi connectivity index (χ4v) is 1.99. The van der Waals surface area contributed by atoms with Crippen molar-refractivity contribution in [3.8, 4) is 22.8 Å². The van der Waals surface area contributed by atoms with Gasteiger partial charge in [-0.05, 0) is 25.0 Å². The molecule has 5 heteroatoms. The zero-order valence-electron chi connectivity index (χ0n) is 11.1. The number of ether oxygens (including phenoxy) is 2. The van der Waals surface area contributed by atoms with E-state index in [1.54, 1.807) is 14.2 Å². The summed E-state index contributed by atoms with van der Waals surface area (Å²) in [6.07, 6.45) is 2.46. The van der Waals surface area contributed by atoms with E-state index in [4.69, 9.17) is 9.47 Å². The molecule has 100 valence electrons. The van der Waals surface area contributed by atoms with Crippen molar-refractivity contribution in [2.75, 3.05) is 19.5 Å². The maximum Gasteiger partial charge on any atom is 0.148 e. The summed E-state index contributed by atoms with van der Waals surface area (Å²) in [4.78, 5) is 0. The van der Waals surface area contributed by atoms with Gasteiger partial charge in [-0.15, -0.1) is 0 Å². The number of rotatable bonds is 5. The summed E-state index contributed by atoms with van der Waals surface area (Å²) in [5.74, 6) is 2.42. The van der Waals surface area contributed by atoms with Crippen molar-refractivity contribution >= 4 is 5.82 Å². The van der Waals surface area contributed by atoms with Crippen LogP contribution in [0.25, 0.3) is 11.3 Å². The van der Waals surface area contributed by atoms with Crippen LogP contribution in [0.2, 0.25) is 0 Å². The van der Waals surface area contributed by atoms with Crippen LogP contribution in [-0.4, -0.2) is 30.5 Å². The van der Waals surface area contributed by atoms with Crippen LogP contribution < -0.4 is 14.8 Å². The van der Waals surface area contributed by atoms with Crippen molar-refractivity contribution in [3.05, 3.63) is 24.3 Å². The van der Waals surface area contributed by atoms with E-state index in [9.17, 15) is 0 Å². The number of aromatic amines is 1. The Labute approximate surface area is 111 Å². The molecule has 2 N–H and O–H groups in total. The highest BCUT2D eigenvalue weighted by Gasteiger charge is 2.22. The molecule has 1 aliphatic carbocycles. The highest BCUT2D eigenvalue weighted by atomic mass is 16.5. The average Bonchev–Trinajstić information content (AvgIpc) is 3.14. The number of hydrogen-bond donors (Lipinski definition) is 2. The molecular formula is C14H17N3O2. The predicted molar refractivity (Wildman–Crippen MR) is 73.8 cm³/mol. The van der Waals surface area contributed by atoms with Crippen molar-refractivity contribution in [2.45, 2.75) is 18.9 Å². The fraction of sp³-hybridized carbons (Fsp3) is 0.357. The Bertz CT molecular complexity index is 576. The van der Waals surface area contributed by atoms with E-state index in [1.165, 1.54) is 12.8 Å². The van der Waals surface area contributed by atoms with Crippen LogP contribution in [0.3, 0.4) is 0 Å². The molecule has 1 saturated carbocycles. The van der Waals surface area contributed by atoms with Gasteiger partial charge in [0, 0.05) is 23.7 Å². The van der Waals surface area contributed by atoms with E-state index in [1.807, 2.05) is 24.3 Å². The lowest BCUT2D eigenvalue weighted by Gasteiger charge is -2.08. The Kier molecular flexibility index (Phi) is 3.03. The second-order valence-electron chi connectivity index (χ2n) is 4.65. The highest BCUT2D eigenvalue weighted by Crippen LogP contribution is 2.33. The number of anilines is 1. The first-order valence-electron chi connectivity index (χ1n) is 6.34. The quantitative estimate of drug-likeness (QED) is 0.866. The van der Waals surface area contributed by atoms with Crippen molar-refractivity contribution in [3.63, 3.8) is 0 Å². The standard InChI is InChI=1S/C14H17N3O2/c1-18-10-5-6-11(13(7-10)19-2)12-8-14(17-16-12)15-9-3-4-9/h5-9H,3-4H2,1-2H3,(H2,15,16,17). The average molecular weight is 259 g/mol. The summed E-state index contributed by atoms with van der Waals surface area (Å²) in [5, 5.41) is 10.7. The van der Waals surface area contributed by atoms with Crippen molar-refractivity contribution < 1.29 is 9.47 Å². The Morgan fingerprint density at radius 3 is 2.74 bits per heavy atom. The lowest BCUT2D eigenvalue weighted by atomic mass is 10.1. The van der Waals surface area contributed by atoms with Crippen LogP contribution in [0.4, 0.5) is 5.82 Å². The predicted octanol–water partition coefficient (Wildman–Crippen LogP) is 2.67. The number of H-pyrrole nitrogens is 1. The second kappa shape index (κ2) is 4.84. The number of nitrogens with one attached hydrogen (secondary N) is 2. The molecule has 0 amide bonds. The number of benzene rings is 1. The molecule has 1 aliphatic rings. The molecule has 0 spiro atoms. The molecule has 0 atom stereocenters. The van der Waals surface area contributed by atoms with E-state index in [-0.39, 0.29) is 0 Å². The third-order valence-corrected chi connectivity index (χ3v) is 3.21. The molecule has 1 aromatic heterocycles. The van der Waals surface area contributed by atoms with E-state index in [0.717, 1.165) is 28.6 Å². The Morgan fingerprint density at radius 1 is 1.21 bits per heavy atom. The molecule has 0 bridgehead atoms. The van der Waals surface area contributed by atoms with Gasteiger partial charge >= 0.3 is 0 Å². The van der Waals surface area contributed by atoms with Crippen LogP contribution in [0.5, 0.6) is 11.5 Å². The number of hydrogen-bond acceptors (Lipinski definition) is 4. The molecular weight excluding hydrogens is 242 g/mol. The smallest absolute Gasteiger partial charge is 0.148 e. The number of methoxy groups -OCH3 is 2. The van der Waals surface area contributed by atoms with Crippen LogP contribution in [0, 0.1) is 0 Å². The number of aromatic nitrogens is 2. The maximum absolute atomic E-state index is 5.40. The monoisotopic (exact) mass is 259 g/mol. The van der Waals surface area contributed by atoms with Crippen molar-refractivity contribution in [1.29, 1.82) is 0 Å². The summed E-state index contributed by atoms with van der Waals surface area (Å²) < 4.78 is 10.6. The summed E-state index contributed by atoms with van der Waals surface area (Å²) in [6.45, 7) is 0. The van der Waals surface area contributed by atoms with Gasteiger partial charge in [-0.1, -0.05) is 0 Å². The third-order valence-electron chi connectivity index (χ3n) is 3.21. The zero-order chi connectivity index (χ0) is 13.2. The molecule has 1 fully saturated rings. The molecule has 1 heterocycles. The van der Waals surface area contributed by atoms with Crippen molar-refractivity contribution in [2.24, 2.45) is 0 Å². The Balaban J connectivity index is 1.89. The van der Waals surface area contributed by atoms with Crippen molar-refractivity contribution in [1.82, 2.24) is 10.2 Å². The van der Waals surface area contributed by atoms with Crippen LogP contribution in [-0.2, 0) is 0 Å². The minimum absolute atomic E-state index is 0.592. The van der Waals surface area contributed by atoms with Gasteiger partial charge in [-0.25, -0.2) is 0 Å². The zero-order valence-corrected chi connectivity index (χ0v) is 11.1. The van der Waals surface area contributed by atoms with Gasteiger partial charge in [-0.2, -0.15) is 5.10 Å². The van der Waals surface area contributed by atoms with E-state index in [0.29, 0.717) is 6.04 Å². The van der Waals surface area contributed by atoms with Crippen LogP contribution in [0.1, 0.15) is 12.8 Å². The van der Waals surface area contributed by atoms with Crippen LogP contribution >= 0.6 is 0 Å². The van der Waals surface area contributed by atoms with Gasteiger partial charge < -0.3 is 14.8 Å². The van der Waals surface area contributed by atoms with Gasteiger partial charge in [-0.3, -0.25) is 5.10 Å². The maximum atomic E-state index is 5.40. The molecule has 0 saturated heterocycles. The summed E-state index contributed by atoms with van der Waals surface area (Å²) in [7, 11) is 3.29. The third kappa shape index (κ3) is 2.50. The van der Waals surface area contributed by atoms with Gasteiger partial charge in [0.15, 0.2) is 0 Å². The molecule has 0 aliphatic heterocycles. The number of nitrogens with zero attached hydrogens (tertiary/aromatic N) is 1. The molecule has 19 heavy (non-hydrogen) atoms. The summed E-state index contributed by atoms with van der Waals surface area (Å²) in [6, 6.07) is 8.33.